The molecule has 192 valence electrons. The number of thiophene rings is 1. The Balaban J connectivity index is 1.60. The van der Waals surface area contributed by atoms with Crippen molar-refractivity contribution in [2.45, 2.75) is 86.0 Å². The Morgan fingerprint density at radius 2 is 1.77 bits per heavy atom. The number of nitrogens with one attached hydrogen (secondary N) is 1. The Kier molecular flexibility index (Phi) is 8.68. The third kappa shape index (κ3) is 7.09. The molecule has 0 radical (unpaired) electrons. The molecule has 0 bridgehead atoms. The van der Waals surface area contributed by atoms with Crippen LogP contribution in [-0.4, -0.2) is 25.1 Å². The van der Waals surface area contributed by atoms with Gasteiger partial charge in [0.25, 0.3) is 0 Å². The smallest absolute Gasteiger partial charge is 0.341 e. The predicted molar refractivity (Wildman–Crippen MR) is 144 cm³/mol. The maximum atomic E-state index is 12.8. The molecule has 3 rings (SSSR count). The van der Waals surface area contributed by atoms with Crippen LogP contribution >= 0.6 is 11.3 Å². The number of hydrogen-bond donors (Lipinski definition) is 1. The van der Waals surface area contributed by atoms with Crippen LogP contribution < -0.4 is 10.1 Å². The normalized spacial score (nSPS) is 15.9. The molecule has 1 heterocycles. The van der Waals surface area contributed by atoms with Crippen LogP contribution in [0.3, 0.4) is 0 Å². The lowest BCUT2D eigenvalue weighted by Crippen LogP contribution is -2.26. The fourth-order valence-electron chi connectivity index (χ4n) is 4.50. The largest absolute Gasteiger partial charge is 0.494 e. The molecule has 1 unspecified atom stereocenters. The molecule has 2 aromatic rings. The van der Waals surface area contributed by atoms with Crippen LogP contribution in [0.1, 0.15) is 94.1 Å². The zero-order chi connectivity index (χ0) is 25.8. The first kappa shape index (κ1) is 27.3. The molecule has 1 amide bonds. The van der Waals surface area contributed by atoms with Gasteiger partial charge in [0, 0.05) is 11.3 Å². The summed E-state index contributed by atoms with van der Waals surface area (Å²) in [7, 11) is 0. The molecule has 5 nitrogen and oxygen atoms in total. The zero-order valence-electron chi connectivity index (χ0n) is 22.4. The highest BCUT2D eigenvalue weighted by Gasteiger charge is 2.34. The van der Waals surface area contributed by atoms with E-state index in [9.17, 15) is 9.59 Å². The molecule has 6 heteroatoms. The SMILES string of the molecule is CCOC(=O)c1c(NC(=O)CCCOc2ccc(C(C)(C)C)cc2)sc2c1CCC(C(C)(C)C)C2. The van der Waals surface area contributed by atoms with Gasteiger partial charge in [0.05, 0.1) is 18.8 Å². The van der Waals surface area contributed by atoms with Gasteiger partial charge in [0.15, 0.2) is 0 Å². The number of rotatable bonds is 8. The summed E-state index contributed by atoms with van der Waals surface area (Å²) in [5.74, 6) is 0.925. The number of carbonyl (C=O) groups excluding carboxylic acids is 2. The highest BCUT2D eigenvalue weighted by molar-refractivity contribution is 7.17. The van der Waals surface area contributed by atoms with Gasteiger partial charge in [-0.15, -0.1) is 11.3 Å². The number of hydrogen-bond acceptors (Lipinski definition) is 5. The highest BCUT2D eigenvalue weighted by atomic mass is 32.1. The summed E-state index contributed by atoms with van der Waals surface area (Å²) in [6.07, 6.45) is 3.75. The zero-order valence-corrected chi connectivity index (χ0v) is 23.2. The fourth-order valence-corrected chi connectivity index (χ4v) is 5.83. The van der Waals surface area contributed by atoms with Crippen molar-refractivity contribution in [1.29, 1.82) is 0 Å². The van der Waals surface area contributed by atoms with E-state index in [1.54, 1.807) is 6.92 Å². The Labute approximate surface area is 214 Å². The van der Waals surface area contributed by atoms with E-state index in [-0.39, 0.29) is 22.7 Å². The minimum Gasteiger partial charge on any atom is -0.494 e. The maximum absolute atomic E-state index is 12.8. The van der Waals surface area contributed by atoms with Crippen molar-refractivity contribution in [3.8, 4) is 5.75 Å². The molecule has 1 N–H and O–H groups in total. The molecule has 1 aliphatic carbocycles. The van der Waals surface area contributed by atoms with Gasteiger partial charge in [-0.25, -0.2) is 4.79 Å². The van der Waals surface area contributed by atoms with Crippen LogP contribution in [0.4, 0.5) is 5.00 Å². The van der Waals surface area contributed by atoms with Crippen LogP contribution in [0.5, 0.6) is 5.75 Å². The Hall–Kier alpha value is -2.34. The summed E-state index contributed by atoms with van der Waals surface area (Å²) < 4.78 is 11.2. The Morgan fingerprint density at radius 3 is 2.37 bits per heavy atom. The quantitative estimate of drug-likeness (QED) is 0.309. The Bertz CT molecular complexity index is 1020. The first-order valence-corrected chi connectivity index (χ1v) is 13.6. The monoisotopic (exact) mass is 499 g/mol. The molecule has 1 atom stereocenters. The summed E-state index contributed by atoms with van der Waals surface area (Å²) >= 11 is 1.54. The standard InChI is InChI=1S/C29H41NO4S/c1-8-33-27(32)25-22-16-13-20(29(5,6)7)18-23(22)35-26(25)30-24(31)10-9-17-34-21-14-11-19(12-15-21)28(2,3)4/h11-12,14-15,20H,8-10,13,16-18H2,1-7H3,(H,30,31). The first-order chi connectivity index (χ1) is 16.4. The lowest BCUT2D eigenvalue weighted by Gasteiger charge is -2.33. The summed E-state index contributed by atoms with van der Waals surface area (Å²) in [5.41, 5.74) is 3.19. The van der Waals surface area contributed by atoms with Crippen LogP contribution in [0, 0.1) is 11.3 Å². The lowest BCUT2D eigenvalue weighted by molar-refractivity contribution is -0.116. The number of benzene rings is 1. The van der Waals surface area contributed by atoms with Gasteiger partial charge < -0.3 is 14.8 Å². The van der Waals surface area contributed by atoms with Gasteiger partial charge in [0.2, 0.25) is 5.91 Å². The number of esters is 1. The molecule has 0 spiro atoms. The molecule has 1 aliphatic rings. The van der Waals surface area contributed by atoms with Gasteiger partial charge in [-0.05, 0) is 72.6 Å². The van der Waals surface area contributed by atoms with Crippen LogP contribution in [-0.2, 0) is 27.8 Å². The molecule has 1 aromatic heterocycles. The minimum atomic E-state index is -0.337. The van der Waals surface area contributed by atoms with Crippen molar-refractivity contribution in [1.82, 2.24) is 0 Å². The van der Waals surface area contributed by atoms with Gasteiger partial charge in [0.1, 0.15) is 10.8 Å². The van der Waals surface area contributed by atoms with E-state index in [1.807, 2.05) is 12.1 Å². The van der Waals surface area contributed by atoms with Gasteiger partial charge >= 0.3 is 5.97 Å². The van der Waals surface area contributed by atoms with Crippen LogP contribution in [0.15, 0.2) is 24.3 Å². The number of fused-ring (bicyclic) bond motifs is 1. The van der Waals surface area contributed by atoms with Gasteiger partial charge in [-0.3, -0.25) is 4.79 Å². The van der Waals surface area contributed by atoms with E-state index >= 15 is 0 Å². The summed E-state index contributed by atoms with van der Waals surface area (Å²) in [5, 5.41) is 3.64. The predicted octanol–water partition coefficient (Wildman–Crippen LogP) is 7.17. The van der Waals surface area contributed by atoms with E-state index in [2.05, 4.69) is 59.0 Å². The van der Waals surface area contributed by atoms with Crippen molar-refractivity contribution >= 4 is 28.2 Å². The van der Waals surface area contributed by atoms with E-state index in [4.69, 9.17) is 9.47 Å². The van der Waals surface area contributed by atoms with E-state index < -0.39 is 0 Å². The van der Waals surface area contributed by atoms with Crippen LogP contribution in [0.2, 0.25) is 0 Å². The minimum absolute atomic E-state index is 0.104. The van der Waals surface area contributed by atoms with E-state index in [0.717, 1.165) is 30.6 Å². The molecule has 1 aromatic carbocycles. The van der Waals surface area contributed by atoms with Crippen molar-refractivity contribution in [2.75, 3.05) is 18.5 Å². The second kappa shape index (κ2) is 11.2. The van der Waals surface area contributed by atoms with Crippen molar-refractivity contribution in [2.24, 2.45) is 11.3 Å². The third-order valence-electron chi connectivity index (χ3n) is 6.76. The summed E-state index contributed by atoms with van der Waals surface area (Å²) in [6.45, 7) is 15.9. The Morgan fingerprint density at radius 1 is 1.09 bits per heavy atom. The summed E-state index contributed by atoms with van der Waals surface area (Å²) in [4.78, 5) is 26.7. The molecule has 0 fully saturated rings. The third-order valence-corrected chi connectivity index (χ3v) is 7.93. The van der Waals surface area contributed by atoms with Crippen molar-refractivity contribution < 1.29 is 19.1 Å². The lowest BCUT2D eigenvalue weighted by atomic mass is 9.72. The van der Waals surface area contributed by atoms with Crippen molar-refractivity contribution in [3.05, 3.63) is 45.8 Å². The molecule has 35 heavy (non-hydrogen) atoms. The van der Waals surface area contributed by atoms with Gasteiger partial charge in [-0.1, -0.05) is 53.7 Å². The van der Waals surface area contributed by atoms with Crippen LogP contribution in [0.25, 0.3) is 0 Å². The fraction of sp³-hybridized carbons (Fsp3) is 0.586. The summed E-state index contributed by atoms with van der Waals surface area (Å²) in [6, 6.07) is 8.13. The van der Waals surface area contributed by atoms with E-state index in [0.29, 0.717) is 42.5 Å². The number of anilines is 1. The molecule has 0 saturated carbocycles. The first-order valence-electron chi connectivity index (χ1n) is 12.7. The maximum Gasteiger partial charge on any atom is 0.341 e. The molecule has 0 aliphatic heterocycles. The number of ether oxygens (including phenoxy) is 2. The average molecular weight is 500 g/mol. The average Bonchev–Trinajstić information content (AvgIpc) is 3.13. The number of amides is 1. The highest BCUT2D eigenvalue weighted by Crippen LogP contribution is 2.44. The second-order valence-electron chi connectivity index (χ2n) is 11.5. The van der Waals surface area contributed by atoms with Gasteiger partial charge in [-0.2, -0.15) is 0 Å². The van der Waals surface area contributed by atoms with E-state index in [1.165, 1.54) is 21.8 Å². The van der Waals surface area contributed by atoms with Crippen molar-refractivity contribution in [3.63, 3.8) is 0 Å². The molecular formula is C29H41NO4S. The number of carbonyl (C=O) groups is 2. The topological polar surface area (TPSA) is 64.6 Å². The molecule has 0 saturated heterocycles. The molecular weight excluding hydrogens is 458 g/mol. The second-order valence-corrected chi connectivity index (χ2v) is 12.6.